The van der Waals surface area contributed by atoms with E-state index in [-0.39, 0.29) is 30.2 Å². The van der Waals surface area contributed by atoms with Gasteiger partial charge in [0.2, 0.25) is 0 Å². The Labute approximate surface area is 162 Å². The molecule has 1 aromatic carbocycles. The van der Waals surface area contributed by atoms with E-state index in [0.29, 0.717) is 24.5 Å². The van der Waals surface area contributed by atoms with Crippen molar-refractivity contribution in [2.24, 2.45) is 17.3 Å². The molecule has 0 bridgehead atoms. The van der Waals surface area contributed by atoms with Crippen molar-refractivity contribution in [3.8, 4) is 0 Å². The van der Waals surface area contributed by atoms with Crippen LogP contribution in [0.1, 0.15) is 25.2 Å². The van der Waals surface area contributed by atoms with Gasteiger partial charge in [0.05, 0.1) is 12.7 Å². The monoisotopic (exact) mass is 390 g/mol. The maximum atomic E-state index is 6.56. The zero-order chi connectivity index (χ0) is 18.8. The van der Waals surface area contributed by atoms with Gasteiger partial charge in [0, 0.05) is 30.1 Å². The highest BCUT2D eigenvalue weighted by molar-refractivity contribution is 6.71. The van der Waals surface area contributed by atoms with Crippen LogP contribution in [-0.2, 0) is 23.4 Å². The van der Waals surface area contributed by atoms with Gasteiger partial charge in [-0.1, -0.05) is 37.3 Å². The van der Waals surface area contributed by atoms with E-state index in [2.05, 4.69) is 32.2 Å². The standard InChI is InChI=1S/C21H30O5Si/c1-21-10-15-14(12-27(3,4)26-15)17(21)20(22-2)24-16-11-23-19(25-18(16)21)13-8-6-5-7-9-13/h5-9,14-20H,10-12H2,1-4H3/t14-,15-,16+,17+,18+,19+,20-,21+/m0/s1. The van der Waals surface area contributed by atoms with E-state index in [1.165, 1.54) is 6.04 Å². The van der Waals surface area contributed by atoms with Crippen molar-refractivity contribution in [3.05, 3.63) is 35.9 Å². The molecule has 27 heavy (non-hydrogen) atoms. The Hall–Kier alpha value is -0.763. The molecule has 1 aliphatic carbocycles. The van der Waals surface area contributed by atoms with Gasteiger partial charge >= 0.3 is 0 Å². The number of rotatable bonds is 2. The van der Waals surface area contributed by atoms with Crippen molar-refractivity contribution >= 4 is 8.32 Å². The SMILES string of the molecule is CO[C@H]1O[C@@H]2CO[C@@H](c3ccccc3)O[C@H]2[C@]2(C)C[C@@H]3O[Si](C)(C)C[C@@H]3[C@H]12. The first kappa shape index (κ1) is 18.3. The van der Waals surface area contributed by atoms with E-state index in [0.717, 1.165) is 12.0 Å². The Morgan fingerprint density at radius 2 is 1.89 bits per heavy atom. The second-order valence-electron chi connectivity index (χ2n) is 9.43. The van der Waals surface area contributed by atoms with Crippen LogP contribution in [0.15, 0.2) is 30.3 Å². The molecule has 148 valence electrons. The Bertz CT molecular complexity index is 697. The molecule has 0 spiro atoms. The summed E-state index contributed by atoms with van der Waals surface area (Å²) in [4.78, 5) is 0. The van der Waals surface area contributed by atoms with Gasteiger partial charge in [-0.05, 0) is 31.5 Å². The van der Waals surface area contributed by atoms with Crippen molar-refractivity contribution in [3.63, 3.8) is 0 Å². The second-order valence-corrected chi connectivity index (χ2v) is 13.6. The molecule has 0 amide bonds. The van der Waals surface area contributed by atoms with Crippen molar-refractivity contribution in [2.75, 3.05) is 13.7 Å². The molecule has 0 aromatic heterocycles. The van der Waals surface area contributed by atoms with Gasteiger partial charge in [0.25, 0.3) is 0 Å². The van der Waals surface area contributed by atoms with Gasteiger partial charge in [-0.3, -0.25) is 0 Å². The predicted octanol–water partition coefficient (Wildman–Crippen LogP) is 3.72. The highest BCUT2D eigenvalue weighted by atomic mass is 28.4. The molecular formula is C21H30O5Si. The summed E-state index contributed by atoms with van der Waals surface area (Å²) < 4.78 is 31.3. The lowest BCUT2D eigenvalue weighted by Gasteiger charge is -2.54. The van der Waals surface area contributed by atoms with Gasteiger partial charge in [0.1, 0.15) is 6.10 Å². The largest absolute Gasteiger partial charge is 0.414 e. The molecule has 5 rings (SSSR count). The number of hydrogen-bond acceptors (Lipinski definition) is 5. The average molecular weight is 391 g/mol. The van der Waals surface area contributed by atoms with E-state index in [1.54, 1.807) is 7.11 Å². The second kappa shape index (κ2) is 6.37. The maximum Gasteiger partial charge on any atom is 0.187 e. The van der Waals surface area contributed by atoms with Gasteiger partial charge in [-0.2, -0.15) is 0 Å². The molecule has 6 heteroatoms. The molecule has 1 aromatic rings. The quantitative estimate of drug-likeness (QED) is 0.720. The van der Waals surface area contributed by atoms with Gasteiger partial charge in [0.15, 0.2) is 20.9 Å². The topological polar surface area (TPSA) is 46.2 Å². The fraction of sp³-hybridized carbons (Fsp3) is 0.714. The third kappa shape index (κ3) is 2.84. The molecule has 0 radical (unpaired) electrons. The summed E-state index contributed by atoms with van der Waals surface area (Å²) in [7, 11) is 0.184. The van der Waals surface area contributed by atoms with Crippen LogP contribution in [0.2, 0.25) is 19.1 Å². The summed E-state index contributed by atoms with van der Waals surface area (Å²) in [6, 6.07) is 11.4. The summed E-state index contributed by atoms with van der Waals surface area (Å²) >= 11 is 0. The first-order chi connectivity index (χ1) is 12.9. The minimum Gasteiger partial charge on any atom is -0.414 e. The number of methoxy groups -OCH3 is 1. The molecule has 3 heterocycles. The highest BCUT2D eigenvalue weighted by Crippen LogP contribution is 2.62. The van der Waals surface area contributed by atoms with Crippen LogP contribution >= 0.6 is 0 Å². The minimum absolute atomic E-state index is 0.00756. The number of hydrogen-bond donors (Lipinski definition) is 0. The summed E-state index contributed by atoms with van der Waals surface area (Å²) in [6.45, 7) is 7.54. The lowest BCUT2D eigenvalue weighted by atomic mass is 9.69. The van der Waals surface area contributed by atoms with Crippen molar-refractivity contribution in [2.45, 2.75) is 63.4 Å². The summed E-state index contributed by atoms with van der Waals surface area (Å²) in [6.07, 6.45) is 0.679. The normalized spacial score (nSPS) is 47.9. The number of ether oxygens (including phenoxy) is 4. The molecule has 4 aliphatic rings. The Kier molecular flexibility index (Phi) is 4.31. The molecular weight excluding hydrogens is 360 g/mol. The lowest BCUT2D eigenvalue weighted by Crippen LogP contribution is -2.61. The Morgan fingerprint density at radius 3 is 2.63 bits per heavy atom. The third-order valence-corrected chi connectivity index (χ3v) is 9.51. The van der Waals surface area contributed by atoms with E-state index in [1.807, 2.05) is 18.2 Å². The predicted molar refractivity (Wildman–Crippen MR) is 103 cm³/mol. The first-order valence-electron chi connectivity index (χ1n) is 10.1. The highest BCUT2D eigenvalue weighted by Gasteiger charge is 2.67. The first-order valence-corrected chi connectivity index (χ1v) is 13.2. The molecule has 0 N–H and O–H groups in total. The summed E-state index contributed by atoms with van der Waals surface area (Å²) in [5, 5.41) is 0. The Morgan fingerprint density at radius 1 is 1.11 bits per heavy atom. The van der Waals surface area contributed by atoms with Gasteiger partial charge in [-0.25, -0.2) is 0 Å². The minimum atomic E-state index is -1.57. The molecule has 1 saturated carbocycles. The van der Waals surface area contributed by atoms with Crippen LogP contribution in [0.4, 0.5) is 0 Å². The average Bonchev–Trinajstić information content (AvgIpc) is 3.09. The molecule has 8 atom stereocenters. The Balaban J connectivity index is 1.45. The van der Waals surface area contributed by atoms with Gasteiger partial charge < -0.3 is 23.4 Å². The summed E-state index contributed by atoms with van der Waals surface area (Å²) in [5.41, 5.74) is 1.04. The van der Waals surface area contributed by atoms with Crippen LogP contribution in [-0.4, -0.2) is 46.6 Å². The zero-order valence-corrected chi connectivity index (χ0v) is 17.6. The summed E-state index contributed by atoms with van der Waals surface area (Å²) in [5.74, 6) is 0.807. The van der Waals surface area contributed by atoms with Crippen LogP contribution < -0.4 is 0 Å². The molecule has 5 nitrogen and oxygen atoms in total. The van der Waals surface area contributed by atoms with E-state index < -0.39 is 8.32 Å². The van der Waals surface area contributed by atoms with E-state index in [4.69, 9.17) is 23.4 Å². The molecule has 4 fully saturated rings. The maximum absolute atomic E-state index is 6.56. The number of fused-ring (bicyclic) bond motifs is 5. The van der Waals surface area contributed by atoms with Crippen molar-refractivity contribution in [1.82, 2.24) is 0 Å². The fourth-order valence-corrected chi connectivity index (χ4v) is 8.96. The van der Waals surface area contributed by atoms with Crippen LogP contribution in [0.3, 0.4) is 0 Å². The van der Waals surface area contributed by atoms with Crippen molar-refractivity contribution < 1.29 is 23.4 Å². The van der Waals surface area contributed by atoms with Crippen molar-refractivity contribution in [1.29, 1.82) is 0 Å². The lowest BCUT2D eigenvalue weighted by molar-refractivity contribution is -0.359. The zero-order valence-electron chi connectivity index (χ0n) is 16.6. The fourth-order valence-electron chi connectivity index (χ4n) is 6.14. The van der Waals surface area contributed by atoms with E-state index >= 15 is 0 Å². The number of benzene rings is 1. The molecule has 3 aliphatic heterocycles. The van der Waals surface area contributed by atoms with E-state index in [9.17, 15) is 0 Å². The molecule has 0 unspecified atom stereocenters. The van der Waals surface area contributed by atoms with Crippen LogP contribution in [0.5, 0.6) is 0 Å². The van der Waals surface area contributed by atoms with Crippen LogP contribution in [0.25, 0.3) is 0 Å². The molecule has 3 saturated heterocycles. The smallest absolute Gasteiger partial charge is 0.187 e. The third-order valence-electron chi connectivity index (χ3n) is 7.11. The van der Waals surface area contributed by atoms with Crippen LogP contribution in [0, 0.1) is 17.3 Å². The van der Waals surface area contributed by atoms with Gasteiger partial charge in [-0.15, -0.1) is 0 Å².